The molecule has 0 atom stereocenters. The average Bonchev–Trinajstić information content (AvgIpc) is 2.46. The highest BCUT2D eigenvalue weighted by Gasteiger charge is 2.27. The lowest BCUT2D eigenvalue weighted by atomic mass is 10.3. The van der Waals surface area contributed by atoms with Gasteiger partial charge in [-0.15, -0.1) is 0 Å². The molecule has 0 fully saturated rings. The van der Waals surface area contributed by atoms with E-state index in [1.165, 1.54) is 13.2 Å². The van der Waals surface area contributed by atoms with Crippen LogP contribution in [0.4, 0.5) is 0 Å². The molecular formula is C9H13NO3. The SMILES string of the molecule is COC(=O)C1=CC(=O)N(C(C)C)C1. The minimum absolute atomic E-state index is 0.115. The van der Waals surface area contributed by atoms with Crippen molar-refractivity contribution in [1.82, 2.24) is 4.90 Å². The van der Waals surface area contributed by atoms with Crippen molar-refractivity contribution < 1.29 is 14.3 Å². The number of carbonyl (C=O) groups is 2. The number of carbonyl (C=O) groups excluding carboxylic acids is 2. The lowest BCUT2D eigenvalue weighted by Gasteiger charge is -2.20. The second-order valence-electron chi connectivity index (χ2n) is 3.22. The number of hydrogen-bond acceptors (Lipinski definition) is 3. The van der Waals surface area contributed by atoms with Gasteiger partial charge in [-0.05, 0) is 13.8 Å². The molecule has 1 aliphatic rings. The molecule has 0 N–H and O–H groups in total. The van der Waals surface area contributed by atoms with Crippen molar-refractivity contribution in [1.29, 1.82) is 0 Å². The Morgan fingerprint density at radius 3 is 2.62 bits per heavy atom. The molecule has 0 aromatic heterocycles. The maximum absolute atomic E-state index is 11.3. The standard InChI is InChI=1S/C9H13NO3/c1-6(2)10-5-7(4-8(10)11)9(12)13-3/h4,6H,5H2,1-3H3. The first-order valence-electron chi connectivity index (χ1n) is 4.15. The van der Waals surface area contributed by atoms with E-state index in [-0.39, 0.29) is 11.9 Å². The Labute approximate surface area is 77.2 Å². The summed E-state index contributed by atoms with van der Waals surface area (Å²) >= 11 is 0. The van der Waals surface area contributed by atoms with E-state index < -0.39 is 5.97 Å². The van der Waals surface area contributed by atoms with Crippen molar-refractivity contribution in [2.45, 2.75) is 19.9 Å². The molecule has 1 aliphatic heterocycles. The van der Waals surface area contributed by atoms with Crippen LogP contribution in [0.15, 0.2) is 11.6 Å². The Balaban J connectivity index is 2.71. The number of rotatable bonds is 2. The molecule has 1 amide bonds. The first-order chi connectivity index (χ1) is 6.06. The third-order valence-electron chi connectivity index (χ3n) is 1.99. The normalized spacial score (nSPS) is 16.5. The van der Waals surface area contributed by atoms with Gasteiger partial charge in [0.15, 0.2) is 0 Å². The lowest BCUT2D eigenvalue weighted by Crippen LogP contribution is -2.33. The van der Waals surface area contributed by atoms with Gasteiger partial charge in [0.25, 0.3) is 0 Å². The smallest absolute Gasteiger partial charge is 0.335 e. The summed E-state index contributed by atoms with van der Waals surface area (Å²) in [5.41, 5.74) is 0.432. The zero-order valence-electron chi connectivity index (χ0n) is 8.03. The summed E-state index contributed by atoms with van der Waals surface area (Å²) in [7, 11) is 1.31. The lowest BCUT2D eigenvalue weighted by molar-refractivity contribution is -0.136. The predicted octanol–water partition coefficient (Wildman–Crippen LogP) is 0.336. The van der Waals surface area contributed by atoms with E-state index in [0.717, 1.165) is 0 Å². The number of esters is 1. The largest absolute Gasteiger partial charge is 0.466 e. The molecule has 0 aliphatic carbocycles. The molecule has 0 radical (unpaired) electrons. The molecule has 72 valence electrons. The molecule has 1 rings (SSSR count). The summed E-state index contributed by atoms with van der Waals surface area (Å²) in [4.78, 5) is 24.0. The van der Waals surface area contributed by atoms with Crippen LogP contribution in [0.5, 0.6) is 0 Å². The molecule has 0 saturated heterocycles. The van der Waals surface area contributed by atoms with Gasteiger partial charge in [0.2, 0.25) is 5.91 Å². The van der Waals surface area contributed by atoms with Crippen LogP contribution >= 0.6 is 0 Å². The van der Waals surface area contributed by atoms with Gasteiger partial charge >= 0.3 is 5.97 Å². The van der Waals surface area contributed by atoms with E-state index in [4.69, 9.17) is 0 Å². The molecule has 0 aromatic rings. The molecular weight excluding hydrogens is 170 g/mol. The van der Waals surface area contributed by atoms with Gasteiger partial charge in [-0.25, -0.2) is 4.79 Å². The van der Waals surface area contributed by atoms with E-state index in [1.54, 1.807) is 4.90 Å². The first kappa shape index (κ1) is 9.77. The van der Waals surface area contributed by atoms with Crippen LogP contribution in [0.2, 0.25) is 0 Å². The summed E-state index contributed by atoms with van der Waals surface area (Å²) in [5.74, 6) is -0.535. The number of nitrogens with zero attached hydrogens (tertiary/aromatic N) is 1. The Morgan fingerprint density at radius 1 is 1.62 bits per heavy atom. The second kappa shape index (κ2) is 3.60. The van der Waals surface area contributed by atoms with E-state index in [9.17, 15) is 9.59 Å². The summed E-state index contributed by atoms with van der Waals surface area (Å²) in [6.45, 7) is 4.18. The first-order valence-corrected chi connectivity index (χ1v) is 4.15. The van der Waals surface area contributed by atoms with E-state index in [2.05, 4.69) is 4.74 Å². The molecule has 0 saturated carbocycles. The molecule has 0 bridgehead atoms. The number of methoxy groups -OCH3 is 1. The third kappa shape index (κ3) is 1.88. The highest BCUT2D eigenvalue weighted by atomic mass is 16.5. The maximum atomic E-state index is 11.3. The molecule has 0 unspecified atom stereocenters. The van der Waals surface area contributed by atoms with Gasteiger partial charge in [0.1, 0.15) is 0 Å². The van der Waals surface area contributed by atoms with Crippen LogP contribution in [0.1, 0.15) is 13.8 Å². The van der Waals surface area contributed by atoms with Gasteiger partial charge < -0.3 is 9.64 Å². The minimum Gasteiger partial charge on any atom is -0.466 e. The molecule has 4 heteroatoms. The van der Waals surface area contributed by atoms with Crippen molar-refractivity contribution in [3.8, 4) is 0 Å². The zero-order chi connectivity index (χ0) is 10.0. The number of ether oxygens (including phenoxy) is 1. The highest BCUT2D eigenvalue weighted by molar-refractivity contribution is 6.02. The summed E-state index contributed by atoms with van der Waals surface area (Å²) in [5, 5.41) is 0. The van der Waals surface area contributed by atoms with Crippen molar-refractivity contribution in [3.63, 3.8) is 0 Å². The van der Waals surface area contributed by atoms with E-state index in [0.29, 0.717) is 12.1 Å². The topological polar surface area (TPSA) is 46.6 Å². The van der Waals surface area contributed by atoms with E-state index in [1.807, 2.05) is 13.8 Å². The van der Waals surface area contributed by atoms with Crippen LogP contribution in [-0.4, -0.2) is 36.5 Å². The van der Waals surface area contributed by atoms with Crippen LogP contribution in [0.25, 0.3) is 0 Å². The van der Waals surface area contributed by atoms with Gasteiger partial charge in [0, 0.05) is 12.1 Å². The van der Waals surface area contributed by atoms with Gasteiger partial charge in [-0.1, -0.05) is 0 Å². The van der Waals surface area contributed by atoms with E-state index >= 15 is 0 Å². The fraction of sp³-hybridized carbons (Fsp3) is 0.556. The quantitative estimate of drug-likeness (QED) is 0.580. The second-order valence-corrected chi connectivity index (χ2v) is 3.22. The minimum atomic E-state index is -0.420. The molecule has 4 nitrogen and oxygen atoms in total. The highest BCUT2D eigenvalue weighted by Crippen LogP contribution is 2.14. The van der Waals surface area contributed by atoms with Crippen molar-refractivity contribution in [2.24, 2.45) is 0 Å². The average molecular weight is 183 g/mol. The predicted molar refractivity (Wildman–Crippen MR) is 46.9 cm³/mol. The Morgan fingerprint density at radius 2 is 2.23 bits per heavy atom. The van der Waals surface area contributed by atoms with Gasteiger partial charge in [-0.2, -0.15) is 0 Å². The summed E-state index contributed by atoms with van der Waals surface area (Å²) in [6.07, 6.45) is 1.34. The number of amides is 1. The Hall–Kier alpha value is -1.32. The van der Waals surface area contributed by atoms with Gasteiger partial charge in [0.05, 0.1) is 19.2 Å². The fourth-order valence-electron chi connectivity index (χ4n) is 1.23. The maximum Gasteiger partial charge on any atom is 0.335 e. The van der Waals surface area contributed by atoms with Crippen LogP contribution in [0, 0.1) is 0 Å². The molecule has 0 aromatic carbocycles. The van der Waals surface area contributed by atoms with Crippen LogP contribution in [-0.2, 0) is 14.3 Å². The zero-order valence-corrected chi connectivity index (χ0v) is 8.03. The number of hydrogen-bond donors (Lipinski definition) is 0. The van der Waals surface area contributed by atoms with Crippen molar-refractivity contribution in [3.05, 3.63) is 11.6 Å². The molecule has 13 heavy (non-hydrogen) atoms. The fourth-order valence-corrected chi connectivity index (χ4v) is 1.23. The van der Waals surface area contributed by atoms with Crippen LogP contribution < -0.4 is 0 Å². The summed E-state index contributed by atoms with van der Waals surface area (Å²) in [6, 6.07) is 0.117. The van der Waals surface area contributed by atoms with Crippen molar-refractivity contribution in [2.75, 3.05) is 13.7 Å². The monoisotopic (exact) mass is 183 g/mol. The molecule has 0 spiro atoms. The van der Waals surface area contributed by atoms with Crippen molar-refractivity contribution >= 4 is 11.9 Å². The Kier molecular flexibility index (Phi) is 2.70. The van der Waals surface area contributed by atoms with Gasteiger partial charge in [-0.3, -0.25) is 4.79 Å². The summed E-state index contributed by atoms with van der Waals surface area (Å²) < 4.78 is 4.52. The molecule has 1 heterocycles. The van der Waals surface area contributed by atoms with Crippen LogP contribution in [0.3, 0.4) is 0 Å². The third-order valence-corrected chi connectivity index (χ3v) is 1.99. The Bertz CT molecular complexity index is 268.